The summed E-state index contributed by atoms with van der Waals surface area (Å²) in [4.78, 5) is 0. The van der Waals surface area contributed by atoms with Crippen LogP contribution >= 0.6 is 0 Å². The largest absolute Gasteiger partial charge is 0.382 e. The first kappa shape index (κ1) is 9.75. The van der Waals surface area contributed by atoms with Crippen molar-refractivity contribution in [3.05, 3.63) is 41.6 Å². The number of anilines is 1. The van der Waals surface area contributed by atoms with Gasteiger partial charge in [-0.25, -0.2) is 4.68 Å². The Hall–Kier alpha value is -2.79. The van der Waals surface area contributed by atoms with Crippen molar-refractivity contribution >= 4 is 5.82 Å². The van der Waals surface area contributed by atoms with Crippen LogP contribution in [-0.2, 0) is 0 Å². The lowest BCUT2D eigenvalue weighted by Gasteiger charge is -2.02. The second-order valence-corrected chi connectivity index (χ2v) is 3.08. The van der Waals surface area contributed by atoms with Crippen molar-refractivity contribution in [1.82, 2.24) is 9.78 Å². The highest BCUT2D eigenvalue weighted by Crippen LogP contribution is 2.19. The molecule has 0 aliphatic rings. The minimum atomic E-state index is 0.0452. The lowest BCUT2D eigenvalue weighted by atomic mass is 10.2. The molecule has 2 rings (SSSR count). The SMILES string of the molecule is N#Cc1nn(-c2ccccc2)c(N)c1C#N. The fraction of sp³-hybridized carbons (Fsp3) is 0. The van der Waals surface area contributed by atoms with Crippen molar-refractivity contribution in [2.45, 2.75) is 0 Å². The molecule has 0 saturated carbocycles. The van der Waals surface area contributed by atoms with E-state index in [2.05, 4.69) is 5.10 Å². The van der Waals surface area contributed by atoms with Crippen molar-refractivity contribution in [2.24, 2.45) is 0 Å². The molecule has 2 aromatic rings. The Morgan fingerprint density at radius 2 is 1.81 bits per heavy atom. The summed E-state index contributed by atoms with van der Waals surface area (Å²) in [5.41, 5.74) is 6.63. The highest BCUT2D eigenvalue weighted by Gasteiger charge is 2.15. The lowest BCUT2D eigenvalue weighted by molar-refractivity contribution is 0.883. The van der Waals surface area contributed by atoms with Gasteiger partial charge in [0.1, 0.15) is 23.5 Å². The van der Waals surface area contributed by atoms with Crippen LogP contribution < -0.4 is 5.73 Å². The third-order valence-corrected chi connectivity index (χ3v) is 2.14. The average Bonchev–Trinajstić information content (AvgIpc) is 2.66. The quantitative estimate of drug-likeness (QED) is 0.763. The molecule has 0 aliphatic carbocycles. The lowest BCUT2D eigenvalue weighted by Crippen LogP contribution is -2.01. The number of para-hydroxylation sites is 1. The summed E-state index contributed by atoms with van der Waals surface area (Å²) < 4.78 is 1.39. The van der Waals surface area contributed by atoms with E-state index in [1.807, 2.05) is 30.3 Å². The molecule has 0 amide bonds. The van der Waals surface area contributed by atoms with E-state index in [9.17, 15) is 0 Å². The first-order valence-electron chi connectivity index (χ1n) is 4.52. The van der Waals surface area contributed by atoms with E-state index in [-0.39, 0.29) is 17.1 Å². The number of rotatable bonds is 1. The number of nitrogen functional groups attached to an aromatic ring is 1. The van der Waals surface area contributed by atoms with Gasteiger partial charge >= 0.3 is 0 Å². The van der Waals surface area contributed by atoms with Crippen LogP contribution in [0.5, 0.6) is 0 Å². The number of nitrogens with zero attached hydrogens (tertiary/aromatic N) is 4. The van der Waals surface area contributed by atoms with E-state index < -0.39 is 0 Å². The highest BCUT2D eigenvalue weighted by molar-refractivity contribution is 5.59. The van der Waals surface area contributed by atoms with Gasteiger partial charge in [0.05, 0.1) is 5.69 Å². The minimum Gasteiger partial charge on any atom is -0.382 e. The van der Waals surface area contributed by atoms with Crippen LogP contribution in [0.2, 0.25) is 0 Å². The van der Waals surface area contributed by atoms with Crippen molar-refractivity contribution in [1.29, 1.82) is 10.5 Å². The monoisotopic (exact) mass is 209 g/mol. The highest BCUT2D eigenvalue weighted by atomic mass is 15.3. The van der Waals surface area contributed by atoms with Crippen molar-refractivity contribution in [2.75, 3.05) is 5.73 Å². The van der Waals surface area contributed by atoms with Crippen LogP contribution in [-0.4, -0.2) is 9.78 Å². The van der Waals surface area contributed by atoms with Crippen LogP contribution in [0.1, 0.15) is 11.3 Å². The summed E-state index contributed by atoms with van der Waals surface area (Å²) in [6, 6.07) is 12.8. The number of aromatic nitrogens is 2. The van der Waals surface area contributed by atoms with E-state index in [1.165, 1.54) is 4.68 Å². The van der Waals surface area contributed by atoms with Crippen LogP contribution in [0.3, 0.4) is 0 Å². The molecule has 0 aliphatic heterocycles. The second-order valence-electron chi connectivity index (χ2n) is 3.08. The summed E-state index contributed by atoms with van der Waals surface area (Å²) >= 11 is 0. The van der Waals surface area contributed by atoms with Gasteiger partial charge in [0.15, 0.2) is 5.69 Å². The molecular formula is C11H7N5. The van der Waals surface area contributed by atoms with E-state index in [4.69, 9.17) is 16.3 Å². The molecular weight excluding hydrogens is 202 g/mol. The Bertz CT molecular complexity index is 598. The van der Waals surface area contributed by atoms with Crippen molar-refractivity contribution in [3.8, 4) is 17.8 Å². The zero-order valence-electron chi connectivity index (χ0n) is 8.25. The Morgan fingerprint density at radius 1 is 1.12 bits per heavy atom. The topological polar surface area (TPSA) is 91.4 Å². The summed E-state index contributed by atoms with van der Waals surface area (Å²) in [6.45, 7) is 0. The Labute approximate surface area is 92.0 Å². The van der Waals surface area contributed by atoms with Crippen molar-refractivity contribution < 1.29 is 0 Å². The second kappa shape index (κ2) is 3.76. The van der Waals surface area contributed by atoms with Gasteiger partial charge in [0.2, 0.25) is 0 Å². The molecule has 0 spiro atoms. The molecule has 0 radical (unpaired) electrons. The maximum Gasteiger partial charge on any atom is 0.182 e. The molecule has 0 unspecified atom stereocenters. The summed E-state index contributed by atoms with van der Waals surface area (Å²) in [5.74, 6) is 0.185. The van der Waals surface area contributed by atoms with Gasteiger partial charge in [0.25, 0.3) is 0 Å². The third kappa shape index (κ3) is 1.37. The zero-order chi connectivity index (χ0) is 11.5. The first-order chi connectivity index (χ1) is 7.77. The molecule has 0 atom stereocenters. The van der Waals surface area contributed by atoms with Gasteiger partial charge in [-0.2, -0.15) is 15.6 Å². The molecule has 0 bridgehead atoms. The maximum atomic E-state index is 8.86. The van der Waals surface area contributed by atoms with Gasteiger partial charge in [-0.15, -0.1) is 0 Å². The fourth-order valence-electron chi connectivity index (χ4n) is 1.39. The zero-order valence-corrected chi connectivity index (χ0v) is 8.25. The minimum absolute atomic E-state index is 0.0452. The number of hydrogen-bond acceptors (Lipinski definition) is 4. The molecule has 1 aromatic heterocycles. The Balaban J connectivity index is 2.66. The number of nitrogens with two attached hydrogens (primary N) is 1. The smallest absolute Gasteiger partial charge is 0.182 e. The molecule has 1 aromatic carbocycles. The van der Waals surface area contributed by atoms with Gasteiger partial charge in [-0.05, 0) is 12.1 Å². The van der Waals surface area contributed by atoms with E-state index in [1.54, 1.807) is 12.1 Å². The van der Waals surface area contributed by atoms with Gasteiger partial charge in [-0.3, -0.25) is 0 Å². The number of hydrogen-bond donors (Lipinski definition) is 1. The standard InChI is InChI=1S/C11H7N5/c12-6-9-10(7-13)15-16(11(9)14)8-4-2-1-3-5-8/h1-5H,14H2. The van der Waals surface area contributed by atoms with Crippen LogP contribution in [0.25, 0.3) is 5.69 Å². The Morgan fingerprint density at radius 3 is 2.31 bits per heavy atom. The molecule has 2 N–H and O–H groups in total. The molecule has 5 heteroatoms. The Kier molecular flexibility index (Phi) is 2.29. The van der Waals surface area contributed by atoms with Crippen molar-refractivity contribution in [3.63, 3.8) is 0 Å². The van der Waals surface area contributed by atoms with E-state index in [0.717, 1.165) is 5.69 Å². The molecule has 76 valence electrons. The molecule has 5 nitrogen and oxygen atoms in total. The summed E-state index contributed by atoms with van der Waals surface area (Å²) in [6.07, 6.45) is 0. The molecule has 0 fully saturated rings. The van der Waals surface area contributed by atoms with Gasteiger partial charge < -0.3 is 5.73 Å². The van der Waals surface area contributed by atoms with Crippen LogP contribution in [0, 0.1) is 22.7 Å². The normalized spacial score (nSPS) is 9.38. The van der Waals surface area contributed by atoms with Crippen LogP contribution in [0.15, 0.2) is 30.3 Å². The number of nitriles is 2. The van der Waals surface area contributed by atoms with Crippen LogP contribution in [0.4, 0.5) is 5.82 Å². The van der Waals surface area contributed by atoms with E-state index in [0.29, 0.717) is 0 Å². The predicted octanol–water partition coefficient (Wildman–Crippen LogP) is 1.20. The molecule has 16 heavy (non-hydrogen) atoms. The summed E-state index contributed by atoms with van der Waals surface area (Å²) in [7, 11) is 0. The number of benzene rings is 1. The predicted molar refractivity (Wildman–Crippen MR) is 57.4 cm³/mol. The average molecular weight is 209 g/mol. The first-order valence-corrected chi connectivity index (χ1v) is 4.52. The maximum absolute atomic E-state index is 8.86. The van der Waals surface area contributed by atoms with E-state index >= 15 is 0 Å². The van der Waals surface area contributed by atoms with Gasteiger partial charge in [0, 0.05) is 0 Å². The van der Waals surface area contributed by atoms with Gasteiger partial charge in [-0.1, -0.05) is 18.2 Å². The fourth-order valence-corrected chi connectivity index (χ4v) is 1.39. The molecule has 0 saturated heterocycles. The molecule has 1 heterocycles. The third-order valence-electron chi connectivity index (χ3n) is 2.14. The summed E-state index contributed by atoms with van der Waals surface area (Å²) in [5, 5.41) is 21.6.